The minimum Gasteiger partial charge on any atom is -0.110 e. The fraction of sp³-hybridized carbons (Fsp3) is 0.158. The molecule has 0 amide bonds. The highest BCUT2D eigenvalue weighted by atomic mass is 14.2. The molecule has 3 aromatic carbocycles. The van der Waals surface area contributed by atoms with Gasteiger partial charge in [0.25, 0.3) is 0 Å². The van der Waals surface area contributed by atoms with Crippen LogP contribution in [-0.4, -0.2) is 54.9 Å². The van der Waals surface area contributed by atoms with Crippen molar-refractivity contribution in [2.45, 2.75) is 19.8 Å². The highest BCUT2D eigenvalue weighted by Gasteiger charge is 2.18. The fourth-order valence-electron chi connectivity index (χ4n) is 3.25. The molecular formula is C19H11B7. The zero-order valence-electron chi connectivity index (χ0n) is 14.9. The highest BCUT2D eigenvalue weighted by Crippen LogP contribution is 2.25. The molecule has 3 rings (SSSR count). The van der Waals surface area contributed by atoms with E-state index in [9.17, 15) is 0 Å². The molecule has 0 N–H and O–H groups in total. The molecular weight excluding hydrogens is 304 g/mol. The predicted octanol–water partition coefficient (Wildman–Crippen LogP) is -2.81. The van der Waals surface area contributed by atoms with Crippen LogP contribution in [0.1, 0.15) is 25.3 Å². The molecule has 0 aliphatic heterocycles. The lowest BCUT2D eigenvalue weighted by Crippen LogP contribution is -2.52. The van der Waals surface area contributed by atoms with Crippen molar-refractivity contribution in [3.63, 3.8) is 0 Å². The molecule has 0 nitrogen and oxygen atoms in total. The normalized spacial score (nSPS) is 11.3. The van der Waals surface area contributed by atoms with E-state index >= 15 is 0 Å². The van der Waals surface area contributed by atoms with Crippen molar-refractivity contribution < 1.29 is 0 Å². The molecule has 0 heterocycles. The number of fused-ring (bicyclic) bond motifs is 1. The molecule has 0 aliphatic rings. The van der Waals surface area contributed by atoms with Crippen LogP contribution in [0.2, 0.25) is 0 Å². The van der Waals surface area contributed by atoms with E-state index in [4.69, 9.17) is 54.9 Å². The molecule has 14 radical (unpaired) electrons. The molecule has 108 valence electrons. The summed E-state index contributed by atoms with van der Waals surface area (Å²) in [6.07, 6.45) is 0. The van der Waals surface area contributed by atoms with Gasteiger partial charge in [-0.3, -0.25) is 0 Å². The van der Waals surface area contributed by atoms with Crippen molar-refractivity contribution in [3.8, 4) is 11.1 Å². The first-order valence-corrected chi connectivity index (χ1v) is 8.29. The molecule has 0 saturated carbocycles. The van der Waals surface area contributed by atoms with E-state index < -0.39 is 0 Å². The summed E-state index contributed by atoms with van der Waals surface area (Å²) >= 11 is 0. The summed E-state index contributed by atoms with van der Waals surface area (Å²) in [6.45, 7) is 4.25. The summed E-state index contributed by atoms with van der Waals surface area (Å²) in [5.41, 5.74) is 4.46. The van der Waals surface area contributed by atoms with Gasteiger partial charge in [0, 0.05) is 0 Å². The Kier molecular flexibility index (Phi) is 5.03. The Morgan fingerprint density at radius 3 is 1.42 bits per heavy atom. The highest BCUT2D eigenvalue weighted by molar-refractivity contribution is 6.71. The lowest BCUT2D eigenvalue weighted by atomic mass is 9.59. The van der Waals surface area contributed by atoms with E-state index in [-0.39, 0.29) is 32.8 Å². The quantitative estimate of drug-likeness (QED) is 0.448. The van der Waals surface area contributed by atoms with Gasteiger partial charge in [-0.15, -0.1) is 16.4 Å². The van der Waals surface area contributed by atoms with E-state index in [1.54, 1.807) is 0 Å². The van der Waals surface area contributed by atoms with Gasteiger partial charge < -0.3 is 0 Å². The van der Waals surface area contributed by atoms with Gasteiger partial charge in [0.15, 0.2) is 0 Å². The Labute approximate surface area is 164 Å². The summed E-state index contributed by atoms with van der Waals surface area (Å²) in [5.74, 6) is 0.408. The molecule has 0 bridgehead atoms. The maximum absolute atomic E-state index is 6.31. The molecule has 26 heavy (non-hydrogen) atoms. The van der Waals surface area contributed by atoms with Crippen LogP contribution in [0.3, 0.4) is 0 Å². The smallest absolute Gasteiger partial charge is 0.110 e. The zero-order valence-corrected chi connectivity index (χ0v) is 14.9. The topological polar surface area (TPSA) is 0 Å². The van der Waals surface area contributed by atoms with Gasteiger partial charge >= 0.3 is 0 Å². The number of hydrogen-bond donors (Lipinski definition) is 0. The third-order valence-corrected chi connectivity index (χ3v) is 4.89. The molecule has 0 atom stereocenters. The average molecular weight is 315 g/mol. The first-order chi connectivity index (χ1) is 12.2. The summed E-state index contributed by atoms with van der Waals surface area (Å²) in [7, 11) is 43.2. The minimum absolute atomic E-state index is 0.187. The van der Waals surface area contributed by atoms with Gasteiger partial charge in [0.2, 0.25) is 0 Å². The summed E-state index contributed by atoms with van der Waals surface area (Å²) in [5, 5.41) is 1.04. The second-order valence-corrected chi connectivity index (χ2v) is 6.80. The monoisotopic (exact) mass is 316 g/mol. The van der Waals surface area contributed by atoms with Crippen molar-refractivity contribution in [2.75, 3.05) is 0 Å². The summed E-state index contributed by atoms with van der Waals surface area (Å²) in [6, 6.07) is 8.02. The van der Waals surface area contributed by atoms with Gasteiger partial charge in [-0.25, -0.2) is 0 Å². The Morgan fingerprint density at radius 2 is 0.962 bits per heavy atom. The first kappa shape index (κ1) is 19.1. The van der Waals surface area contributed by atoms with Crippen LogP contribution in [0.5, 0.6) is 0 Å². The maximum atomic E-state index is 6.31. The minimum atomic E-state index is 0.187. The molecule has 3 aromatic rings. The van der Waals surface area contributed by atoms with E-state index in [2.05, 4.69) is 13.8 Å². The van der Waals surface area contributed by atoms with E-state index in [1.807, 2.05) is 24.3 Å². The lowest BCUT2D eigenvalue weighted by Gasteiger charge is -2.25. The van der Waals surface area contributed by atoms with Crippen LogP contribution in [0.4, 0.5) is 0 Å². The first-order valence-electron chi connectivity index (χ1n) is 8.29. The zero-order chi connectivity index (χ0) is 19.3. The Bertz CT molecular complexity index is 1010. The van der Waals surface area contributed by atoms with E-state index in [0.717, 1.165) is 5.56 Å². The largest absolute Gasteiger partial charge is 0.113 e. The molecule has 0 fully saturated rings. The fourth-order valence-corrected chi connectivity index (χ4v) is 3.25. The van der Waals surface area contributed by atoms with Crippen LogP contribution in [-0.2, 0) is 0 Å². The second-order valence-electron chi connectivity index (χ2n) is 6.80. The Balaban J connectivity index is 2.49. The van der Waals surface area contributed by atoms with Gasteiger partial charge in [0.1, 0.15) is 54.9 Å². The van der Waals surface area contributed by atoms with Gasteiger partial charge in [-0.2, -0.15) is 0 Å². The SMILES string of the molecule is [B]c1c([B])c([B])c2c(-c3ccc(C(C)C)cc3)c([B])c([B])c([B])c2c1[B]. The third-order valence-electron chi connectivity index (χ3n) is 4.89. The van der Waals surface area contributed by atoms with Crippen molar-refractivity contribution in [2.24, 2.45) is 0 Å². The molecule has 0 unspecified atom stereocenters. The van der Waals surface area contributed by atoms with Crippen LogP contribution >= 0.6 is 0 Å². The van der Waals surface area contributed by atoms with Crippen LogP contribution in [0.25, 0.3) is 21.9 Å². The van der Waals surface area contributed by atoms with Gasteiger partial charge in [0.05, 0.1) is 0 Å². The van der Waals surface area contributed by atoms with Crippen LogP contribution in [0, 0.1) is 0 Å². The number of hydrogen-bond acceptors (Lipinski definition) is 0. The van der Waals surface area contributed by atoms with Crippen molar-refractivity contribution in [1.82, 2.24) is 0 Å². The standard InChI is InChI=1S/C19H11B7/c1-7(2)8-3-5-9(6-4-8)10-11-12(15(22)17(24)13(10)20)16(23)19(26)18(25)14(11)21/h3-7H,1-2H3. The Hall–Kier alpha value is -1.63. The van der Waals surface area contributed by atoms with E-state index in [0.29, 0.717) is 27.7 Å². The predicted molar refractivity (Wildman–Crippen MR) is 121 cm³/mol. The van der Waals surface area contributed by atoms with Crippen molar-refractivity contribution in [3.05, 3.63) is 29.8 Å². The number of rotatable bonds is 2. The van der Waals surface area contributed by atoms with Crippen LogP contribution < -0.4 is 38.2 Å². The molecule has 7 heteroatoms. The molecule has 0 spiro atoms. The summed E-state index contributed by atoms with van der Waals surface area (Å²) in [4.78, 5) is 0. The molecule has 0 aromatic heterocycles. The number of benzene rings is 3. The van der Waals surface area contributed by atoms with Crippen molar-refractivity contribution in [1.29, 1.82) is 0 Å². The van der Waals surface area contributed by atoms with E-state index in [1.165, 1.54) is 5.56 Å². The van der Waals surface area contributed by atoms with Crippen molar-refractivity contribution >= 4 is 104 Å². The van der Waals surface area contributed by atoms with Gasteiger partial charge in [-0.05, 0) is 33.4 Å². The van der Waals surface area contributed by atoms with Crippen LogP contribution in [0.15, 0.2) is 24.3 Å². The third kappa shape index (κ3) is 2.80. The lowest BCUT2D eigenvalue weighted by molar-refractivity contribution is 0.867. The second kappa shape index (κ2) is 6.84. The maximum Gasteiger partial charge on any atom is 0.113 e. The molecule has 0 saturated heterocycles. The average Bonchev–Trinajstić information content (AvgIpc) is 2.62. The summed E-state index contributed by atoms with van der Waals surface area (Å²) < 4.78 is 0. The molecule has 0 aliphatic carbocycles. The Morgan fingerprint density at radius 1 is 0.538 bits per heavy atom. The van der Waals surface area contributed by atoms with Gasteiger partial charge in [-0.1, -0.05) is 60.0 Å².